The van der Waals surface area contributed by atoms with Gasteiger partial charge in [0, 0.05) is 22.0 Å². The van der Waals surface area contributed by atoms with Crippen molar-refractivity contribution in [3.63, 3.8) is 0 Å². The SMILES string of the molecule is CCSc1ccc2[nH]ccc2c1Cl. The lowest BCUT2D eigenvalue weighted by Gasteiger charge is -2.02. The smallest absolute Gasteiger partial charge is 0.0635 e. The third-order valence-corrected chi connectivity index (χ3v) is 3.39. The van der Waals surface area contributed by atoms with Crippen LogP contribution in [-0.4, -0.2) is 10.7 Å². The Balaban J connectivity index is 2.59. The van der Waals surface area contributed by atoms with Crippen molar-refractivity contribution in [2.75, 3.05) is 5.75 Å². The second-order valence-electron chi connectivity index (χ2n) is 2.75. The van der Waals surface area contributed by atoms with Crippen LogP contribution in [0.25, 0.3) is 10.9 Å². The minimum absolute atomic E-state index is 0.866. The van der Waals surface area contributed by atoms with Gasteiger partial charge in [-0.3, -0.25) is 0 Å². The molecule has 0 amide bonds. The Hall–Kier alpha value is -0.600. The lowest BCUT2D eigenvalue weighted by molar-refractivity contribution is 1.43. The fourth-order valence-corrected chi connectivity index (χ4v) is 2.45. The first-order chi connectivity index (χ1) is 6.33. The Morgan fingerprint density at radius 3 is 3.00 bits per heavy atom. The van der Waals surface area contributed by atoms with Crippen LogP contribution in [0.1, 0.15) is 6.92 Å². The van der Waals surface area contributed by atoms with Gasteiger partial charge in [0.25, 0.3) is 0 Å². The van der Waals surface area contributed by atoms with Crippen molar-refractivity contribution in [3.8, 4) is 0 Å². The average Bonchev–Trinajstić information content (AvgIpc) is 2.58. The highest BCUT2D eigenvalue weighted by molar-refractivity contribution is 7.99. The maximum absolute atomic E-state index is 6.22. The van der Waals surface area contributed by atoms with E-state index in [1.807, 2.05) is 12.3 Å². The Morgan fingerprint density at radius 2 is 2.23 bits per heavy atom. The highest BCUT2D eigenvalue weighted by atomic mass is 35.5. The van der Waals surface area contributed by atoms with Gasteiger partial charge in [0.2, 0.25) is 0 Å². The molecule has 1 heterocycles. The van der Waals surface area contributed by atoms with Gasteiger partial charge in [0.05, 0.1) is 5.02 Å². The van der Waals surface area contributed by atoms with Gasteiger partial charge in [0.15, 0.2) is 0 Å². The average molecular weight is 212 g/mol. The predicted octanol–water partition coefficient (Wildman–Crippen LogP) is 3.93. The molecule has 0 atom stereocenters. The number of aromatic amines is 1. The van der Waals surface area contributed by atoms with Crippen LogP contribution in [-0.2, 0) is 0 Å². The molecule has 2 rings (SSSR count). The summed E-state index contributed by atoms with van der Waals surface area (Å²) >= 11 is 8.00. The number of H-pyrrole nitrogens is 1. The van der Waals surface area contributed by atoms with Crippen molar-refractivity contribution in [1.29, 1.82) is 0 Å². The van der Waals surface area contributed by atoms with Gasteiger partial charge < -0.3 is 4.98 Å². The van der Waals surface area contributed by atoms with Crippen LogP contribution in [0.4, 0.5) is 0 Å². The second kappa shape index (κ2) is 3.64. The number of thioether (sulfide) groups is 1. The molecule has 1 N–H and O–H groups in total. The van der Waals surface area contributed by atoms with E-state index in [9.17, 15) is 0 Å². The molecule has 0 fully saturated rings. The molecular formula is C10H10ClNS. The summed E-state index contributed by atoms with van der Waals surface area (Å²) in [6, 6.07) is 6.14. The second-order valence-corrected chi connectivity index (χ2v) is 4.43. The van der Waals surface area contributed by atoms with Crippen molar-refractivity contribution in [2.45, 2.75) is 11.8 Å². The molecule has 0 radical (unpaired) electrons. The van der Waals surface area contributed by atoms with Gasteiger partial charge in [-0.1, -0.05) is 18.5 Å². The standard InChI is InChI=1S/C10H10ClNS/c1-2-13-9-4-3-8-7(10(9)11)5-6-12-8/h3-6,12H,2H2,1H3. The van der Waals surface area contributed by atoms with Crippen molar-refractivity contribution >= 4 is 34.3 Å². The van der Waals surface area contributed by atoms with Gasteiger partial charge in [0.1, 0.15) is 0 Å². The molecule has 1 nitrogen and oxygen atoms in total. The van der Waals surface area contributed by atoms with Gasteiger partial charge in [-0.15, -0.1) is 11.8 Å². The van der Waals surface area contributed by atoms with E-state index in [4.69, 9.17) is 11.6 Å². The summed E-state index contributed by atoms with van der Waals surface area (Å²) in [7, 11) is 0. The zero-order valence-electron chi connectivity index (χ0n) is 7.30. The topological polar surface area (TPSA) is 15.8 Å². The molecule has 0 spiro atoms. The summed E-state index contributed by atoms with van der Waals surface area (Å²) in [6.45, 7) is 2.13. The van der Waals surface area contributed by atoms with Gasteiger partial charge in [-0.05, 0) is 24.0 Å². The number of benzene rings is 1. The number of hydrogen-bond acceptors (Lipinski definition) is 1. The van der Waals surface area contributed by atoms with Crippen molar-refractivity contribution in [3.05, 3.63) is 29.4 Å². The molecule has 1 aromatic heterocycles. The van der Waals surface area contributed by atoms with Crippen LogP contribution in [0.5, 0.6) is 0 Å². The molecule has 0 saturated carbocycles. The van der Waals surface area contributed by atoms with Gasteiger partial charge >= 0.3 is 0 Å². The summed E-state index contributed by atoms with van der Waals surface area (Å²) in [5.74, 6) is 1.05. The van der Waals surface area contributed by atoms with Crippen LogP contribution < -0.4 is 0 Å². The fourth-order valence-electron chi connectivity index (χ4n) is 1.34. The van der Waals surface area contributed by atoms with Crippen LogP contribution in [0.3, 0.4) is 0 Å². The monoisotopic (exact) mass is 211 g/mol. The summed E-state index contributed by atoms with van der Waals surface area (Å²) < 4.78 is 0. The van der Waals surface area contributed by atoms with E-state index in [2.05, 4.69) is 24.0 Å². The maximum atomic E-state index is 6.22. The quantitative estimate of drug-likeness (QED) is 0.745. The zero-order chi connectivity index (χ0) is 9.26. The summed E-state index contributed by atoms with van der Waals surface area (Å²) in [6.07, 6.45) is 1.91. The molecule has 0 unspecified atom stereocenters. The van der Waals surface area contributed by atoms with E-state index in [0.29, 0.717) is 0 Å². The van der Waals surface area contributed by atoms with Crippen molar-refractivity contribution < 1.29 is 0 Å². The zero-order valence-corrected chi connectivity index (χ0v) is 8.88. The Bertz CT molecular complexity index is 422. The van der Waals surface area contributed by atoms with E-state index in [0.717, 1.165) is 26.6 Å². The van der Waals surface area contributed by atoms with E-state index in [1.54, 1.807) is 11.8 Å². The first kappa shape index (κ1) is 8.97. The highest BCUT2D eigenvalue weighted by Gasteiger charge is 2.05. The predicted molar refractivity (Wildman–Crippen MR) is 59.7 cm³/mol. The fraction of sp³-hybridized carbons (Fsp3) is 0.200. The maximum Gasteiger partial charge on any atom is 0.0635 e. The summed E-state index contributed by atoms with van der Waals surface area (Å²) in [5, 5.41) is 1.98. The molecule has 0 aliphatic rings. The molecule has 0 aliphatic heterocycles. The number of fused-ring (bicyclic) bond motifs is 1. The van der Waals surface area contributed by atoms with Crippen LogP contribution in [0.15, 0.2) is 29.3 Å². The molecule has 13 heavy (non-hydrogen) atoms. The summed E-state index contributed by atoms with van der Waals surface area (Å²) in [4.78, 5) is 4.30. The Labute approximate surface area is 86.5 Å². The molecular weight excluding hydrogens is 202 g/mol. The Morgan fingerprint density at radius 1 is 1.38 bits per heavy atom. The largest absolute Gasteiger partial charge is 0.361 e. The molecule has 1 aromatic carbocycles. The van der Waals surface area contributed by atoms with E-state index >= 15 is 0 Å². The molecule has 2 aromatic rings. The van der Waals surface area contributed by atoms with E-state index in [-0.39, 0.29) is 0 Å². The number of aromatic nitrogens is 1. The normalized spacial score (nSPS) is 10.9. The van der Waals surface area contributed by atoms with Crippen LogP contribution in [0.2, 0.25) is 5.02 Å². The van der Waals surface area contributed by atoms with Crippen molar-refractivity contribution in [1.82, 2.24) is 4.98 Å². The number of rotatable bonds is 2. The van der Waals surface area contributed by atoms with E-state index in [1.165, 1.54) is 0 Å². The number of nitrogens with one attached hydrogen (secondary N) is 1. The van der Waals surface area contributed by atoms with Crippen LogP contribution >= 0.6 is 23.4 Å². The van der Waals surface area contributed by atoms with Gasteiger partial charge in [-0.2, -0.15) is 0 Å². The highest BCUT2D eigenvalue weighted by Crippen LogP contribution is 2.33. The minimum atomic E-state index is 0.866. The third-order valence-electron chi connectivity index (χ3n) is 1.93. The molecule has 0 saturated heterocycles. The lowest BCUT2D eigenvalue weighted by Crippen LogP contribution is -1.76. The minimum Gasteiger partial charge on any atom is -0.361 e. The molecule has 0 bridgehead atoms. The lowest BCUT2D eigenvalue weighted by atomic mass is 10.2. The third kappa shape index (κ3) is 1.56. The van der Waals surface area contributed by atoms with Crippen molar-refractivity contribution in [2.24, 2.45) is 0 Å². The summed E-state index contributed by atoms with van der Waals surface area (Å²) in [5.41, 5.74) is 1.10. The molecule has 3 heteroatoms. The van der Waals surface area contributed by atoms with Crippen LogP contribution in [0, 0.1) is 0 Å². The molecule has 68 valence electrons. The van der Waals surface area contributed by atoms with E-state index < -0.39 is 0 Å². The number of halogens is 1. The molecule has 0 aliphatic carbocycles. The van der Waals surface area contributed by atoms with Gasteiger partial charge in [-0.25, -0.2) is 0 Å². The number of hydrogen-bond donors (Lipinski definition) is 1. The first-order valence-electron chi connectivity index (χ1n) is 4.21. The first-order valence-corrected chi connectivity index (χ1v) is 5.57. The Kier molecular flexibility index (Phi) is 2.51.